The number of nitrogens with one attached hydrogen (secondary N) is 2. The van der Waals surface area contributed by atoms with Crippen molar-refractivity contribution in [2.75, 3.05) is 20.3 Å². The van der Waals surface area contributed by atoms with Crippen molar-refractivity contribution in [1.82, 2.24) is 25.6 Å². The van der Waals surface area contributed by atoms with Crippen LogP contribution in [-0.4, -0.2) is 75.8 Å². The number of Topliss-reactive ketones (excluding diaryl/α,β-unsaturated/α-hetero) is 1. The molecule has 0 fully saturated rings. The number of aromatic nitrogens is 3. The van der Waals surface area contributed by atoms with Crippen molar-refractivity contribution in [2.45, 2.75) is 175 Å². The fourth-order valence-corrected chi connectivity index (χ4v) is 4.87. The first-order valence-electron chi connectivity index (χ1n) is 16.9. The number of ether oxygens (including phenoxy) is 3. The molecular weight excluding hydrogens is 558 g/mol. The van der Waals surface area contributed by atoms with Gasteiger partial charge >= 0.3 is 5.97 Å². The topological polar surface area (TPSA) is 117 Å². The predicted molar refractivity (Wildman–Crippen MR) is 177 cm³/mol. The lowest BCUT2D eigenvalue weighted by atomic mass is 9.90. The first kappa shape index (κ1) is 40.1. The van der Waals surface area contributed by atoms with Crippen molar-refractivity contribution in [1.29, 1.82) is 0 Å². The van der Waals surface area contributed by atoms with E-state index in [0.717, 1.165) is 25.8 Å². The molecule has 0 saturated heterocycles. The van der Waals surface area contributed by atoms with Crippen LogP contribution in [0.4, 0.5) is 0 Å². The summed E-state index contributed by atoms with van der Waals surface area (Å²) >= 11 is 0. The maximum Gasteiger partial charge on any atom is 0.306 e. The van der Waals surface area contributed by atoms with E-state index in [1.165, 1.54) is 38.5 Å². The third-order valence-electron chi connectivity index (χ3n) is 8.11. The van der Waals surface area contributed by atoms with E-state index in [0.29, 0.717) is 25.3 Å². The van der Waals surface area contributed by atoms with E-state index in [4.69, 9.17) is 14.2 Å². The molecular formula is C34H65N5O5. The van der Waals surface area contributed by atoms with Crippen LogP contribution in [0.25, 0.3) is 0 Å². The molecule has 2 N–H and O–H groups in total. The molecule has 256 valence electrons. The maximum absolute atomic E-state index is 13.6. The highest BCUT2D eigenvalue weighted by molar-refractivity contribution is 5.92. The number of hydrogen-bond acceptors (Lipinski definition) is 9. The summed E-state index contributed by atoms with van der Waals surface area (Å²) in [5, 5.41) is 15.1. The molecule has 0 saturated carbocycles. The maximum atomic E-state index is 13.6. The van der Waals surface area contributed by atoms with Crippen molar-refractivity contribution in [3.63, 3.8) is 0 Å². The summed E-state index contributed by atoms with van der Waals surface area (Å²) in [5.74, 6) is -0.329. The second kappa shape index (κ2) is 20.3. The molecule has 0 aromatic carbocycles. The van der Waals surface area contributed by atoms with Crippen LogP contribution in [0.1, 0.15) is 139 Å². The van der Waals surface area contributed by atoms with E-state index in [1.807, 2.05) is 52.4 Å². The van der Waals surface area contributed by atoms with Crippen LogP contribution >= 0.6 is 0 Å². The molecule has 1 rings (SSSR count). The summed E-state index contributed by atoms with van der Waals surface area (Å²) in [7, 11) is 1.71. The average Bonchev–Trinajstić information content (AvgIpc) is 3.40. The lowest BCUT2D eigenvalue weighted by Gasteiger charge is -2.33. The molecule has 0 aliphatic carbocycles. The minimum Gasteiger partial charge on any atom is -0.459 e. The third-order valence-corrected chi connectivity index (χ3v) is 8.11. The molecule has 1 aromatic heterocycles. The van der Waals surface area contributed by atoms with Gasteiger partial charge in [0.2, 0.25) is 0 Å². The van der Waals surface area contributed by atoms with Crippen molar-refractivity contribution < 1.29 is 23.8 Å². The van der Waals surface area contributed by atoms with E-state index in [-0.39, 0.29) is 42.0 Å². The zero-order valence-corrected chi connectivity index (χ0v) is 29.7. The first-order valence-corrected chi connectivity index (χ1v) is 16.9. The monoisotopic (exact) mass is 623 g/mol. The molecule has 0 aliphatic rings. The predicted octanol–water partition coefficient (Wildman–Crippen LogP) is 6.16. The smallest absolute Gasteiger partial charge is 0.306 e. The van der Waals surface area contributed by atoms with E-state index in [2.05, 4.69) is 41.7 Å². The third kappa shape index (κ3) is 17.6. The molecule has 1 unspecified atom stereocenters. The Labute approximate surface area is 268 Å². The number of hydrogen-bond donors (Lipinski definition) is 2. The van der Waals surface area contributed by atoms with Gasteiger partial charge in [-0.3, -0.25) is 14.3 Å². The van der Waals surface area contributed by atoms with Gasteiger partial charge < -0.3 is 24.8 Å². The van der Waals surface area contributed by atoms with Crippen molar-refractivity contribution in [3.05, 3.63) is 11.9 Å². The van der Waals surface area contributed by atoms with Crippen molar-refractivity contribution >= 4 is 11.8 Å². The van der Waals surface area contributed by atoms with Gasteiger partial charge in [-0.1, -0.05) is 64.5 Å². The highest BCUT2D eigenvalue weighted by atomic mass is 16.5. The highest BCUT2D eigenvalue weighted by Crippen LogP contribution is 2.20. The Kier molecular flexibility index (Phi) is 18.5. The van der Waals surface area contributed by atoms with Gasteiger partial charge in [0.1, 0.15) is 12.3 Å². The zero-order chi connectivity index (χ0) is 33.2. The molecule has 0 aliphatic heterocycles. The quantitative estimate of drug-likeness (QED) is 0.0925. The van der Waals surface area contributed by atoms with Gasteiger partial charge in [0.25, 0.3) is 0 Å². The van der Waals surface area contributed by atoms with Gasteiger partial charge in [-0.05, 0) is 73.8 Å². The largest absolute Gasteiger partial charge is 0.459 e. The Morgan fingerprint density at radius 1 is 0.955 bits per heavy atom. The van der Waals surface area contributed by atoms with Crippen LogP contribution in [-0.2, 0) is 37.0 Å². The van der Waals surface area contributed by atoms with Crippen LogP contribution in [0.5, 0.6) is 0 Å². The second-order valence-electron chi connectivity index (χ2n) is 14.2. The molecule has 0 radical (unpaired) electrons. The Balaban J connectivity index is 2.50. The number of rotatable bonds is 26. The molecule has 0 bridgehead atoms. The Hall–Kier alpha value is -1.88. The fraction of sp³-hybridized carbons (Fsp3) is 0.882. The Morgan fingerprint density at radius 2 is 1.61 bits per heavy atom. The number of aryl methyl sites for hydroxylation is 1. The first-order chi connectivity index (χ1) is 20.6. The molecule has 1 atom stereocenters. The Morgan fingerprint density at radius 3 is 2.25 bits per heavy atom. The molecule has 1 heterocycles. The number of unbranched alkanes of at least 4 members (excludes halogenated alkanes) is 6. The normalized spacial score (nSPS) is 13.4. The van der Waals surface area contributed by atoms with Crippen LogP contribution < -0.4 is 10.6 Å². The Bertz CT molecular complexity index is 944. The summed E-state index contributed by atoms with van der Waals surface area (Å²) in [6.07, 6.45) is 12.6. The lowest BCUT2D eigenvalue weighted by molar-refractivity contribution is -0.145. The second-order valence-corrected chi connectivity index (χ2v) is 14.2. The van der Waals surface area contributed by atoms with Crippen molar-refractivity contribution in [2.24, 2.45) is 0 Å². The summed E-state index contributed by atoms with van der Waals surface area (Å²) in [5.41, 5.74) is -0.707. The number of nitrogens with zero attached hydrogens (tertiary/aromatic N) is 3. The standard InChI is InChI=1S/C34H65N5O5/c1-11-12-13-14-15-16-17-23-39-25-28(37-38-39)26-43-30(40)19-18-29(36-27(2)3)31(41)34(8,9)35-22-20-33(6,7)44-24-21-32(4,5)42-10/h25,27,29,35-36H,11-24,26H2,1-10H3. The van der Waals surface area contributed by atoms with Gasteiger partial charge in [0, 0.05) is 26.1 Å². The number of ketones is 1. The molecule has 10 nitrogen and oxygen atoms in total. The highest BCUT2D eigenvalue weighted by Gasteiger charge is 2.34. The van der Waals surface area contributed by atoms with Gasteiger partial charge in [-0.2, -0.15) is 0 Å². The molecule has 44 heavy (non-hydrogen) atoms. The molecule has 10 heteroatoms. The molecule has 0 amide bonds. The van der Waals surface area contributed by atoms with Gasteiger partial charge in [-0.25, -0.2) is 0 Å². The number of esters is 1. The molecule has 0 spiro atoms. The number of methoxy groups -OCH3 is 1. The van der Waals surface area contributed by atoms with Crippen molar-refractivity contribution in [3.8, 4) is 0 Å². The fourth-order valence-electron chi connectivity index (χ4n) is 4.87. The minimum absolute atomic E-state index is 0.0212. The van der Waals surface area contributed by atoms with E-state index in [9.17, 15) is 9.59 Å². The van der Waals surface area contributed by atoms with Gasteiger partial charge in [0.15, 0.2) is 5.78 Å². The number of carbonyl (C=O) groups is 2. The summed E-state index contributed by atoms with van der Waals surface area (Å²) in [6.45, 7) is 20.4. The summed E-state index contributed by atoms with van der Waals surface area (Å²) in [6, 6.07) is -0.390. The summed E-state index contributed by atoms with van der Waals surface area (Å²) < 4.78 is 18.9. The SMILES string of the molecule is CCCCCCCCCn1cc(COC(=O)CCC(NC(C)C)C(=O)C(C)(C)NCCC(C)(C)OCCC(C)(C)OC)nn1. The zero-order valence-electron chi connectivity index (χ0n) is 29.7. The van der Waals surface area contributed by atoms with Gasteiger partial charge in [-0.15, -0.1) is 5.10 Å². The van der Waals surface area contributed by atoms with Crippen LogP contribution in [0.3, 0.4) is 0 Å². The number of carbonyl (C=O) groups excluding carboxylic acids is 2. The van der Waals surface area contributed by atoms with E-state index >= 15 is 0 Å². The summed E-state index contributed by atoms with van der Waals surface area (Å²) in [4.78, 5) is 26.2. The van der Waals surface area contributed by atoms with E-state index < -0.39 is 11.6 Å². The minimum atomic E-state index is -0.779. The lowest BCUT2D eigenvalue weighted by Crippen LogP contribution is -2.56. The van der Waals surface area contributed by atoms with Crippen LogP contribution in [0, 0.1) is 0 Å². The molecule has 1 aromatic rings. The average molecular weight is 624 g/mol. The van der Waals surface area contributed by atoms with E-state index in [1.54, 1.807) is 7.11 Å². The van der Waals surface area contributed by atoms with Crippen LogP contribution in [0.2, 0.25) is 0 Å². The van der Waals surface area contributed by atoms with Crippen LogP contribution in [0.15, 0.2) is 6.20 Å². The van der Waals surface area contributed by atoms with Gasteiger partial charge in [0.05, 0.1) is 35.6 Å².